The van der Waals surface area contributed by atoms with E-state index in [0.29, 0.717) is 5.92 Å². The Morgan fingerprint density at radius 2 is 2.06 bits per heavy atom. The molecule has 1 unspecified atom stereocenters. The number of rotatable bonds is 8. The highest BCUT2D eigenvalue weighted by atomic mass is 15.1. The quantitative estimate of drug-likeness (QED) is 0.703. The fraction of sp³-hybridized carbons (Fsp3) is 0.786. The number of hydrogen-bond donors (Lipinski definition) is 1. The molecule has 0 radical (unpaired) electrons. The first-order chi connectivity index (χ1) is 8.15. The first-order valence-electron chi connectivity index (χ1n) is 6.90. The van der Waals surface area contributed by atoms with Crippen LogP contribution in [0.4, 0.5) is 0 Å². The largest absolute Gasteiger partial charge is 0.333 e. The van der Waals surface area contributed by atoms with Crippen LogP contribution in [0.25, 0.3) is 0 Å². The first kappa shape index (κ1) is 14.2. The highest BCUT2D eigenvalue weighted by molar-refractivity contribution is 5.04. The van der Waals surface area contributed by atoms with Crippen LogP contribution < -0.4 is 5.73 Å². The Bertz CT molecular complexity index is 304. The lowest BCUT2D eigenvalue weighted by Crippen LogP contribution is -2.17. The molecule has 0 aliphatic carbocycles. The predicted octanol–water partition coefficient (Wildman–Crippen LogP) is 3.51. The van der Waals surface area contributed by atoms with E-state index in [1.54, 1.807) is 0 Å². The van der Waals surface area contributed by atoms with Crippen LogP contribution >= 0.6 is 0 Å². The summed E-state index contributed by atoms with van der Waals surface area (Å²) in [6.45, 7) is 7.71. The van der Waals surface area contributed by atoms with Gasteiger partial charge >= 0.3 is 0 Å². The first-order valence-corrected chi connectivity index (χ1v) is 6.90. The Balaban J connectivity index is 2.47. The zero-order valence-electron chi connectivity index (χ0n) is 11.5. The summed E-state index contributed by atoms with van der Waals surface area (Å²) in [5.41, 5.74) is 7.40. The van der Waals surface area contributed by atoms with Gasteiger partial charge in [0.15, 0.2) is 0 Å². The minimum Gasteiger partial charge on any atom is -0.333 e. The summed E-state index contributed by atoms with van der Waals surface area (Å²) in [6, 6.07) is 0.128. The van der Waals surface area contributed by atoms with Crippen LogP contribution in [0, 0.1) is 5.92 Å². The standard InChI is InChI=1S/C14H27N3/c1-4-5-6-7-8-17-11-16-10-14(17)13(15)9-12(2)3/h10-13H,4-9,15H2,1-3H3. The summed E-state index contributed by atoms with van der Waals surface area (Å²) in [4.78, 5) is 4.23. The smallest absolute Gasteiger partial charge is 0.0948 e. The van der Waals surface area contributed by atoms with Crippen LogP contribution in [0.1, 0.15) is 64.6 Å². The molecule has 3 nitrogen and oxygen atoms in total. The summed E-state index contributed by atoms with van der Waals surface area (Å²) >= 11 is 0. The Hall–Kier alpha value is -0.830. The third-order valence-electron chi connectivity index (χ3n) is 3.10. The highest BCUT2D eigenvalue weighted by Crippen LogP contribution is 2.18. The van der Waals surface area contributed by atoms with Crippen LogP contribution in [0.5, 0.6) is 0 Å². The molecule has 0 spiro atoms. The topological polar surface area (TPSA) is 43.8 Å². The maximum absolute atomic E-state index is 6.21. The molecule has 0 aliphatic heterocycles. The van der Waals surface area contributed by atoms with E-state index in [4.69, 9.17) is 5.73 Å². The van der Waals surface area contributed by atoms with Gasteiger partial charge in [0.2, 0.25) is 0 Å². The van der Waals surface area contributed by atoms with Crippen molar-refractivity contribution in [2.45, 2.75) is 65.5 Å². The molecule has 98 valence electrons. The number of aromatic nitrogens is 2. The van der Waals surface area contributed by atoms with Crippen LogP contribution in [0.2, 0.25) is 0 Å². The predicted molar refractivity (Wildman–Crippen MR) is 72.8 cm³/mol. The van der Waals surface area contributed by atoms with Gasteiger partial charge in [0, 0.05) is 18.8 Å². The van der Waals surface area contributed by atoms with Crippen LogP contribution in [-0.2, 0) is 6.54 Å². The van der Waals surface area contributed by atoms with Crippen LogP contribution in [-0.4, -0.2) is 9.55 Å². The van der Waals surface area contributed by atoms with Gasteiger partial charge in [-0.2, -0.15) is 0 Å². The zero-order chi connectivity index (χ0) is 12.7. The van der Waals surface area contributed by atoms with Crippen molar-refractivity contribution in [1.82, 2.24) is 9.55 Å². The number of hydrogen-bond acceptors (Lipinski definition) is 2. The van der Waals surface area contributed by atoms with Crippen molar-refractivity contribution in [1.29, 1.82) is 0 Å². The SMILES string of the molecule is CCCCCCn1cncc1C(N)CC(C)C. The van der Waals surface area contributed by atoms with E-state index >= 15 is 0 Å². The molecule has 2 N–H and O–H groups in total. The zero-order valence-corrected chi connectivity index (χ0v) is 11.5. The van der Waals surface area contributed by atoms with Gasteiger partial charge in [-0.25, -0.2) is 4.98 Å². The van der Waals surface area contributed by atoms with Gasteiger partial charge < -0.3 is 10.3 Å². The van der Waals surface area contributed by atoms with Crippen molar-refractivity contribution in [3.8, 4) is 0 Å². The molecule has 1 heterocycles. The van der Waals surface area contributed by atoms with Crippen molar-refractivity contribution in [3.63, 3.8) is 0 Å². The number of imidazole rings is 1. The van der Waals surface area contributed by atoms with Crippen molar-refractivity contribution >= 4 is 0 Å². The van der Waals surface area contributed by atoms with E-state index in [0.717, 1.165) is 13.0 Å². The molecule has 1 aromatic rings. The Morgan fingerprint density at radius 1 is 1.29 bits per heavy atom. The van der Waals surface area contributed by atoms with Gasteiger partial charge in [0.25, 0.3) is 0 Å². The van der Waals surface area contributed by atoms with E-state index < -0.39 is 0 Å². The second kappa shape index (κ2) is 7.49. The maximum atomic E-state index is 6.21. The third kappa shape index (κ3) is 4.90. The van der Waals surface area contributed by atoms with Gasteiger partial charge in [-0.05, 0) is 18.8 Å². The lowest BCUT2D eigenvalue weighted by atomic mass is 10.0. The number of aryl methyl sites for hydroxylation is 1. The molecule has 0 aliphatic rings. The summed E-state index contributed by atoms with van der Waals surface area (Å²) in [6.07, 6.45) is 10.00. The summed E-state index contributed by atoms with van der Waals surface area (Å²) in [5.74, 6) is 0.633. The highest BCUT2D eigenvalue weighted by Gasteiger charge is 2.12. The van der Waals surface area contributed by atoms with E-state index in [1.165, 1.54) is 31.4 Å². The molecule has 1 aromatic heterocycles. The maximum Gasteiger partial charge on any atom is 0.0948 e. The Morgan fingerprint density at radius 3 is 2.71 bits per heavy atom. The van der Waals surface area contributed by atoms with Crippen molar-refractivity contribution in [2.24, 2.45) is 11.7 Å². The number of nitrogens with zero attached hydrogens (tertiary/aromatic N) is 2. The van der Waals surface area contributed by atoms with E-state index in [1.807, 2.05) is 12.5 Å². The molecular weight excluding hydrogens is 210 g/mol. The normalized spacial score (nSPS) is 13.2. The summed E-state index contributed by atoms with van der Waals surface area (Å²) in [5, 5.41) is 0. The average molecular weight is 237 g/mol. The second-order valence-corrected chi connectivity index (χ2v) is 5.31. The Kier molecular flexibility index (Phi) is 6.27. The van der Waals surface area contributed by atoms with Crippen LogP contribution in [0.3, 0.4) is 0 Å². The minimum absolute atomic E-state index is 0.128. The third-order valence-corrected chi connectivity index (χ3v) is 3.10. The molecule has 1 atom stereocenters. The van der Waals surface area contributed by atoms with Crippen LogP contribution in [0.15, 0.2) is 12.5 Å². The minimum atomic E-state index is 0.128. The summed E-state index contributed by atoms with van der Waals surface area (Å²) < 4.78 is 2.22. The molecule has 0 bridgehead atoms. The van der Waals surface area contributed by atoms with Gasteiger partial charge in [-0.3, -0.25) is 0 Å². The van der Waals surface area contributed by atoms with Crippen molar-refractivity contribution < 1.29 is 0 Å². The summed E-state index contributed by atoms with van der Waals surface area (Å²) in [7, 11) is 0. The van der Waals surface area contributed by atoms with E-state index in [2.05, 4.69) is 30.3 Å². The number of nitrogens with two attached hydrogens (primary N) is 1. The van der Waals surface area contributed by atoms with Crippen molar-refractivity contribution in [3.05, 3.63) is 18.2 Å². The number of unbranched alkanes of at least 4 members (excludes halogenated alkanes) is 3. The molecule has 0 aromatic carbocycles. The lowest BCUT2D eigenvalue weighted by molar-refractivity contribution is 0.475. The van der Waals surface area contributed by atoms with Gasteiger partial charge in [0.1, 0.15) is 0 Å². The van der Waals surface area contributed by atoms with E-state index in [9.17, 15) is 0 Å². The fourth-order valence-corrected chi connectivity index (χ4v) is 2.16. The monoisotopic (exact) mass is 237 g/mol. The molecule has 0 saturated heterocycles. The molecule has 0 amide bonds. The lowest BCUT2D eigenvalue weighted by Gasteiger charge is -2.16. The second-order valence-electron chi connectivity index (χ2n) is 5.31. The van der Waals surface area contributed by atoms with Gasteiger partial charge in [-0.1, -0.05) is 40.0 Å². The van der Waals surface area contributed by atoms with Crippen molar-refractivity contribution in [2.75, 3.05) is 0 Å². The van der Waals surface area contributed by atoms with Gasteiger partial charge in [-0.15, -0.1) is 0 Å². The molecule has 1 rings (SSSR count). The average Bonchev–Trinajstić information content (AvgIpc) is 2.71. The molecule has 0 fully saturated rings. The molecule has 0 saturated carbocycles. The Labute approximate surface area is 105 Å². The molecular formula is C14H27N3. The van der Waals surface area contributed by atoms with E-state index in [-0.39, 0.29) is 6.04 Å². The van der Waals surface area contributed by atoms with Gasteiger partial charge in [0.05, 0.1) is 12.0 Å². The fourth-order valence-electron chi connectivity index (χ4n) is 2.16. The molecule has 3 heteroatoms. The molecule has 17 heavy (non-hydrogen) atoms.